The predicted molar refractivity (Wildman–Crippen MR) is 81.4 cm³/mol. The summed E-state index contributed by atoms with van der Waals surface area (Å²) in [5, 5.41) is 7.65. The van der Waals surface area contributed by atoms with E-state index in [1.165, 1.54) is 5.56 Å². The number of benzene rings is 1. The zero-order valence-corrected chi connectivity index (χ0v) is 12.3. The maximum atomic E-state index is 12.7. The molecule has 2 atom stereocenters. The topological polar surface area (TPSA) is 32.3 Å². The number of hydrogen-bond donors (Lipinski definition) is 1. The summed E-state index contributed by atoms with van der Waals surface area (Å²) in [7, 11) is 0. The van der Waals surface area contributed by atoms with Crippen molar-refractivity contribution in [1.82, 2.24) is 10.2 Å². The molecule has 0 saturated carbocycles. The van der Waals surface area contributed by atoms with E-state index in [9.17, 15) is 4.79 Å². The van der Waals surface area contributed by atoms with Crippen LogP contribution in [0.1, 0.15) is 36.7 Å². The largest absolute Gasteiger partial charge is 0.321 e. The zero-order valence-electron chi connectivity index (χ0n) is 11.5. The quantitative estimate of drug-likeness (QED) is 0.935. The van der Waals surface area contributed by atoms with Gasteiger partial charge in [-0.15, -0.1) is 0 Å². The van der Waals surface area contributed by atoms with Crippen LogP contribution >= 0.6 is 11.3 Å². The Morgan fingerprint density at radius 1 is 1.20 bits per heavy atom. The Morgan fingerprint density at radius 2 is 2.00 bits per heavy atom. The molecular weight excluding hydrogens is 268 g/mol. The third-order valence-electron chi connectivity index (χ3n) is 3.62. The first-order chi connectivity index (χ1) is 9.81. The zero-order chi connectivity index (χ0) is 13.9. The highest BCUT2D eigenvalue weighted by Gasteiger charge is 2.39. The monoisotopic (exact) mass is 286 g/mol. The molecule has 1 aromatic heterocycles. The van der Waals surface area contributed by atoms with E-state index in [4.69, 9.17) is 0 Å². The van der Waals surface area contributed by atoms with Crippen molar-refractivity contribution in [1.29, 1.82) is 0 Å². The van der Waals surface area contributed by atoms with Crippen LogP contribution in [-0.4, -0.2) is 17.4 Å². The van der Waals surface area contributed by atoms with E-state index in [0.717, 1.165) is 18.5 Å². The van der Waals surface area contributed by atoms with Gasteiger partial charge in [-0.05, 0) is 34.4 Å². The molecule has 2 aromatic rings. The minimum absolute atomic E-state index is 0.00101. The fraction of sp³-hybridized carbons (Fsp3) is 0.312. The van der Waals surface area contributed by atoms with Crippen LogP contribution < -0.4 is 5.32 Å². The van der Waals surface area contributed by atoms with Gasteiger partial charge in [-0.3, -0.25) is 10.1 Å². The summed E-state index contributed by atoms with van der Waals surface area (Å²) >= 11 is 1.67. The highest BCUT2D eigenvalue weighted by atomic mass is 32.1. The molecule has 20 heavy (non-hydrogen) atoms. The summed E-state index contributed by atoms with van der Waals surface area (Å²) in [4.78, 5) is 14.6. The standard InChI is InChI=1S/C16H18N2OS/c1-2-9-18-15(13-8-10-20-11-13)17-14(16(18)19)12-6-4-3-5-7-12/h3-8,10-11,14-15,17H,2,9H2,1H3. The van der Waals surface area contributed by atoms with Gasteiger partial charge in [-0.1, -0.05) is 37.3 Å². The number of carbonyl (C=O) groups excluding carboxylic acids is 1. The third kappa shape index (κ3) is 2.37. The van der Waals surface area contributed by atoms with Crippen molar-refractivity contribution in [3.05, 3.63) is 58.3 Å². The molecule has 104 valence electrons. The lowest BCUT2D eigenvalue weighted by atomic mass is 10.1. The smallest absolute Gasteiger partial charge is 0.245 e. The number of nitrogens with one attached hydrogen (secondary N) is 1. The van der Waals surface area contributed by atoms with Crippen LogP contribution in [0.4, 0.5) is 0 Å². The van der Waals surface area contributed by atoms with Crippen LogP contribution in [0.25, 0.3) is 0 Å². The Morgan fingerprint density at radius 3 is 2.65 bits per heavy atom. The van der Waals surface area contributed by atoms with Crippen molar-refractivity contribution in [2.24, 2.45) is 0 Å². The molecule has 2 heterocycles. The predicted octanol–water partition coefficient (Wildman–Crippen LogP) is 3.33. The Kier molecular flexibility index (Phi) is 3.85. The Bertz CT molecular complexity index is 567. The molecule has 1 saturated heterocycles. The van der Waals surface area contributed by atoms with E-state index in [2.05, 4.69) is 29.1 Å². The van der Waals surface area contributed by atoms with Gasteiger partial charge in [0.05, 0.1) is 0 Å². The molecule has 1 fully saturated rings. The molecule has 0 spiro atoms. The van der Waals surface area contributed by atoms with Crippen molar-refractivity contribution in [3.63, 3.8) is 0 Å². The van der Waals surface area contributed by atoms with E-state index in [1.807, 2.05) is 35.2 Å². The van der Waals surface area contributed by atoms with Gasteiger partial charge in [-0.2, -0.15) is 11.3 Å². The molecule has 0 bridgehead atoms. The number of amides is 1. The second-order valence-corrected chi connectivity index (χ2v) is 5.78. The molecule has 4 heteroatoms. The Hall–Kier alpha value is -1.65. The fourth-order valence-electron chi connectivity index (χ4n) is 2.68. The summed E-state index contributed by atoms with van der Waals surface area (Å²) < 4.78 is 0. The van der Waals surface area contributed by atoms with Gasteiger partial charge in [0.25, 0.3) is 0 Å². The van der Waals surface area contributed by atoms with Gasteiger partial charge < -0.3 is 4.90 Å². The van der Waals surface area contributed by atoms with Crippen molar-refractivity contribution >= 4 is 17.2 Å². The van der Waals surface area contributed by atoms with Gasteiger partial charge in [0.1, 0.15) is 12.2 Å². The second-order valence-electron chi connectivity index (χ2n) is 5.00. The summed E-state index contributed by atoms with van der Waals surface area (Å²) in [6.45, 7) is 2.89. The first-order valence-corrected chi connectivity index (χ1v) is 7.89. The highest BCUT2D eigenvalue weighted by molar-refractivity contribution is 7.07. The van der Waals surface area contributed by atoms with Crippen molar-refractivity contribution < 1.29 is 4.79 Å². The fourth-order valence-corrected chi connectivity index (χ4v) is 3.36. The van der Waals surface area contributed by atoms with Crippen molar-refractivity contribution in [2.75, 3.05) is 6.54 Å². The van der Waals surface area contributed by atoms with Gasteiger partial charge in [0.2, 0.25) is 5.91 Å². The lowest BCUT2D eigenvalue weighted by molar-refractivity contribution is -0.130. The maximum absolute atomic E-state index is 12.7. The molecule has 3 rings (SSSR count). The van der Waals surface area contributed by atoms with Gasteiger partial charge in [-0.25, -0.2) is 0 Å². The van der Waals surface area contributed by atoms with E-state index in [-0.39, 0.29) is 18.1 Å². The molecule has 1 aliphatic rings. The summed E-state index contributed by atoms with van der Waals surface area (Å²) in [6.07, 6.45) is 0.967. The molecule has 0 radical (unpaired) electrons. The van der Waals surface area contributed by atoms with E-state index < -0.39 is 0 Å². The number of hydrogen-bond acceptors (Lipinski definition) is 3. The normalized spacial score (nSPS) is 22.4. The van der Waals surface area contributed by atoms with E-state index >= 15 is 0 Å². The van der Waals surface area contributed by atoms with Crippen LogP contribution in [-0.2, 0) is 4.79 Å². The summed E-state index contributed by atoms with van der Waals surface area (Å²) in [5.74, 6) is 0.175. The first-order valence-electron chi connectivity index (χ1n) is 6.95. The molecule has 1 N–H and O–H groups in total. The number of nitrogens with zero attached hydrogens (tertiary/aromatic N) is 1. The first kappa shape index (κ1) is 13.3. The average Bonchev–Trinajstić information content (AvgIpc) is 3.10. The molecule has 2 unspecified atom stereocenters. The van der Waals surface area contributed by atoms with Crippen LogP contribution in [0.3, 0.4) is 0 Å². The lowest BCUT2D eigenvalue weighted by Crippen LogP contribution is -2.30. The average molecular weight is 286 g/mol. The highest BCUT2D eigenvalue weighted by Crippen LogP contribution is 2.33. The van der Waals surface area contributed by atoms with Crippen molar-refractivity contribution in [3.8, 4) is 0 Å². The molecular formula is C16H18N2OS. The van der Waals surface area contributed by atoms with Crippen LogP contribution in [0.2, 0.25) is 0 Å². The maximum Gasteiger partial charge on any atom is 0.245 e. The van der Waals surface area contributed by atoms with Crippen LogP contribution in [0.15, 0.2) is 47.2 Å². The molecule has 3 nitrogen and oxygen atoms in total. The minimum Gasteiger partial charge on any atom is -0.321 e. The third-order valence-corrected chi connectivity index (χ3v) is 4.32. The van der Waals surface area contributed by atoms with Crippen LogP contribution in [0.5, 0.6) is 0 Å². The molecule has 1 aromatic carbocycles. The van der Waals surface area contributed by atoms with E-state index in [0.29, 0.717) is 0 Å². The molecule has 1 amide bonds. The van der Waals surface area contributed by atoms with Gasteiger partial charge >= 0.3 is 0 Å². The second kappa shape index (κ2) is 5.77. The lowest BCUT2D eigenvalue weighted by Gasteiger charge is -2.22. The summed E-state index contributed by atoms with van der Waals surface area (Å²) in [5.41, 5.74) is 2.21. The van der Waals surface area contributed by atoms with Crippen molar-refractivity contribution in [2.45, 2.75) is 25.6 Å². The van der Waals surface area contributed by atoms with Crippen LogP contribution in [0, 0.1) is 0 Å². The number of rotatable bonds is 4. The molecule has 0 aliphatic carbocycles. The Labute approximate surface area is 123 Å². The molecule has 1 aliphatic heterocycles. The van der Waals surface area contributed by atoms with Gasteiger partial charge in [0.15, 0.2) is 0 Å². The summed E-state index contributed by atoms with van der Waals surface area (Å²) in [6, 6.07) is 11.8. The minimum atomic E-state index is -0.229. The Balaban J connectivity index is 1.91. The van der Waals surface area contributed by atoms with Gasteiger partial charge in [0, 0.05) is 6.54 Å². The number of thiophene rings is 1. The van der Waals surface area contributed by atoms with E-state index in [1.54, 1.807) is 11.3 Å². The number of carbonyl (C=O) groups is 1. The SMILES string of the molecule is CCCN1C(=O)C(c2ccccc2)NC1c1ccsc1.